The molecule has 1 amide bonds. The Labute approximate surface area is 183 Å². The largest absolute Gasteiger partial charge is 0.486 e. The molecule has 0 unspecified atom stereocenters. The second-order valence-corrected chi connectivity index (χ2v) is 9.66. The van der Waals surface area contributed by atoms with Gasteiger partial charge in [-0.3, -0.25) is 9.69 Å². The van der Waals surface area contributed by atoms with Gasteiger partial charge in [0.2, 0.25) is 15.9 Å². The van der Waals surface area contributed by atoms with Gasteiger partial charge in [-0.2, -0.15) is 4.31 Å². The summed E-state index contributed by atoms with van der Waals surface area (Å²) in [6.45, 7) is 3.39. The fourth-order valence-electron chi connectivity index (χ4n) is 3.72. The third-order valence-electron chi connectivity index (χ3n) is 5.53. The molecule has 2 aliphatic heterocycles. The summed E-state index contributed by atoms with van der Waals surface area (Å²) in [5.74, 6) is 1.04. The van der Waals surface area contributed by atoms with Crippen molar-refractivity contribution >= 4 is 15.9 Å². The Balaban J connectivity index is 1.32. The molecule has 9 heteroatoms. The first-order valence-electron chi connectivity index (χ1n) is 10.3. The summed E-state index contributed by atoms with van der Waals surface area (Å²) in [6, 6.07) is 14.6. The van der Waals surface area contributed by atoms with Crippen LogP contribution in [0.5, 0.6) is 11.5 Å². The predicted octanol–water partition coefficient (Wildman–Crippen LogP) is 1.42. The van der Waals surface area contributed by atoms with Gasteiger partial charge in [-0.15, -0.1) is 0 Å². The Bertz CT molecular complexity index is 1020. The normalized spacial score (nSPS) is 17.3. The first kappa shape index (κ1) is 21.6. The number of amides is 1. The standard InChI is InChI=1S/C22H27N3O5S/c1-23(16-18-5-3-2-4-6-18)22(26)17-24-9-11-25(12-10-24)31(27,28)19-7-8-20-21(15-19)30-14-13-29-20/h2-8,15H,9-14,16-17H2,1H3. The van der Waals surface area contributed by atoms with Gasteiger partial charge >= 0.3 is 0 Å². The molecule has 0 radical (unpaired) electrons. The van der Waals surface area contributed by atoms with Gasteiger partial charge in [0.15, 0.2) is 11.5 Å². The highest BCUT2D eigenvalue weighted by Crippen LogP contribution is 2.33. The Morgan fingerprint density at radius 1 is 0.968 bits per heavy atom. The lowest BCUT2D eigenvalue weighted by Crippen LogP contribution is -2.51. The van der Waals surface area contributed by atoms with Crippen LogP contribution < -0.4 is 9.47 Å². The van der Waals surface area contributed by atoms with Crippen molar-refractivity contribution in [2.24, 2.45) is 0 Å². The predicted molar refractivity (Wildman–Crippen MR) is 116 cm³/mol. The summed E-state index contributed by atoms with van der Waals surface area (Å²) in [6.07, 6.45) is 0. The summed E-state index contributed by atoms with van der Waals surface area (Å²) in [7, 11) is -1.84. The minimum Gasteiger partial charge on any atom is -0.486 e. The lowest BCUT2D eigenvalue weighted by atomic mass is 10.2. The number of carbonyl (C=O) groups excluding carboxylic acids is 1. The van der Waals surface area contributed by atoms with Crippen molar-refractivity contribution in [1.29, 1.82) is 0 Å². The monoisotopic (exact) mass is 445 g/mol. The number of fused-ring (bicyclic) bond motifs is 1. The zero-order valence-electron chi connectivity index (χ0n) is 17.6. The van der Waals surface area contributed by atoms with Gasteiger partial charge < -0.3 is 14.4 Å². The smallest absolute Gasteiger partial charge is 0.243 e. The molecule has 1 fully saturated rings. The van der Waals surface area contributed by atoms with Crippen LogP contribution in [-0.2, 0) is 21.4 Å². The molecular weight excluding hydrogens is 418 g/mol. The van der Waals surface area contributed by atoms with E-state index in [1.54, 1.807) is 24.1 Å². The Kier molecular flexibility index (Phi) is 6.45. The van der Waals surface area contributed by atoms with E-state index in [0.29, 0.717) is 57.4 Å². The van der Waals surface area contributed by atoms with Gasteiger partial charge in [0.25, 0.3) is 0 Å². The van der Waals surface area contributed by atoms with E-state index in [1.165, 1.54) is 10.4 Å². The van der Waals surface area contributed by atoms with Crippen LogP contribution >= 0.6 is 0 Å². The molecular formula is C22H27N3O5S. The average Bonchev–Trinajstić information content (AvgIpc) is 2.79. The van der Waals surface area contributed by atoms with Crippen molar-refractivity contribution in [3.05, 3.63) is 54.1 Å². The highest BCUT2D eigenvalue weighted by atomic mass is 32.2. The Morgan fingerprint density at radius 2 is 1.65 bits per heavy atom. The van der Waals surface area contributed by atoms with Crippen molar-refractivity contribution in [1.82, 2.24) is 14.1 Å². The van der Waals surface area contributed by atoms with Crippen LogP contribution in [0, 0.1) is 0 Å². The number of rotatable bonds is 6. The van der Waals surface area contributed by atoms with Crippen LogP contribution in [0.3, 0.4) is 0 Å². The number of likely N-dealkylation sites (N-methyl/N-ethyl adjacent to an activating group) is 1. The Hall–Kier alpha value is -2.62. The molecule has 0 spiro atoms. The third-order valence-corrected chi connectivity index (χ3v) is 7.42. The number of piperazine rings is 1. The molecule has 2 aromatic rings. The summed E-state index contributed by atoms with van der Waals surface area (Å²) in [5.41, 5.74) is 1.08. The first-order chi connectivity index (χ1) is 14.9. The van der Waals surface area contributed by atoms with Crippen LogP contribution in [-0.4, -0.2) is 81.4 Å². The van der Waals surface area contributed by atoms with Crippen LogP contribution in [0.25, 0.3) is 0 Å². The second kappa shape index (κ2) is 9.25. The van der Waals surface area contributed by atoms with Crippen molar-refractivity contribution in [3.63, 3.8) is 0 Å². The lowest BCUT2D eigenvalue weighted by molar-refractivity contribution is -0.131. The van der Waals surface area contributed by atoms with E-state index in [4.69, 9.17) is 9.47 Å². The van der Waals surface area contributed by atoms with E-state index in [2.05, 4.69) is 0 Å². The van der Waals surface area contributed by atoms with E-state index in [0.717, 1.165) is 5.56 Å². The fourth-order valence-corrected chi connectivity index (χ4v) is 5.16. The van der Waals surface area contributed by atoms with Crippen molar-refractivity contribution in [2.45, 2.75) is 11.4 Å². The van der Waals surface area contributed by atoms with Crippen molar-refractivity contribution < 1.29 is 22.7 Å². The molecule has 8 nitrogen and oxygen atoms in total. The van der Waals surface area contributed by atoms with Gasteiger partial charge in [-0.1, -0.05) is 30.3 Å². The topological polar surface area (TPSA) is 79.4 Å². The molecule has 0 N–H and O–H groups in total. The summed E-state index contributed by atoms with van der Waals surface area (Å²) in [4.78, 5) is 16.5. The quantitative estimate of drug-likeness (QED) is 0.669. The molecule has 4 rings (SSSR count). The number of ether oxygens (including phenoxy) is 2. The highest BCUT2D eigenvalue weighted by Gasteiger charge is 2.30. The second-order valence-electron chi connectivity index (χ2n) is 7.72. The van der Waals surface area contributed by atoms with Crippen molar-refractivity contribution in [3.8, 4) is 11.5 Å². The highest BCUT2D eigenvalue weighted by molar-refractivity contribution is 7.89. The maximum atomic E-state index is 13.0. The molecule has 2 aliphatic rings. The molecule has 0 bridgehead atoms. The minimum absolute atomic E-state index is 0.0204. The first-order valence-corrected chi connectivity index (χ1v) is 11.8. The fraction of sp³-hybridized carbons (Fsp3) is 0.409. The number of hydrogen-bond donors (Lipinski definition) is 0. The van der Waals surface area contributed by atoms with Gasteiger partial charge in [-0.25, -0.2) is 8.42 Å². The molecule has 2 heterocycles. The van der Waals surface area contributed by atoms with E-state index in [1.807, 2.05) is 35.2 Å². The van der Waals surface area contributed by atoms with E-state index in [-0.39, 0.29) is 17.3 Å². The summed E-state index contributed by atoms with van der Waals surface area (Å²) < 4.78 is 38.5. The van der Waals surface area contributed by atoms with Crippen molar-refractivity contribution in [2.75, 3.05) is 53.0 Å². The molecule has 0 aromatic heterocycles. The van der Waals surface area contributed by atoms with Crippen LogP contribution in [0.2, 0.25) is 0 Å². The number of carbonyl (C=O) groups is 1. The van der Waals surface area contributed by atoms with Crippen LogP contribution in [0.15, 0.2) is 53.4 Å². The lowest BCUT2D eigenvalue weighted by Gasteiger charge is -2.34. The van der Waals surface area contributed by atoms with Gasteiger partial charge in [0.05, 0.1) is 11.4 Å². The third kappa shape index (κ3) is 5.00. The number of nitrogens with zero attached hydrogens (tertiary/aromatic N) is 3. The summed E-state index contributed by atoms with van der Waals surface area (Å²) in [5, 5.41) is 0. The van der Waals surface area contributed by atoms with Gasteiger partial charge in [0, 0.05) is 45.8 Å². The van der Waals surface area contributed by atoms with Gasteiger partial charge in [0.1, 0.15) is 13.2 Å². The molecule has 2 aromatic carbocycles. The van der Waals surface area contributed by atoms with E-state index in [9.17, 15) is 13.2 Å². The molecule has 0 atom stereocenters. The maximum Gasteiger partial charge on any atom is 0.243 e. The number of hydrogen-bond acceptors (Lipinski definition) is 6. The zero-order chi connectivity index (χ0) is 21.8. The van der Waals surface area contributed by atoms with Crippen LogP contribution in [0.4, 0.5) is 0 Å². The molecule has 0 saturated carbocycles. The maximum absolute atomic E-state index is 13.0. The van der Waals surface area contributed by atoms with E-state index < -0.39 is 10.0 Å². The van der Waals surface area contributed by atoms with E-state index >= 15 is 0 Å². The molecule has 166 valence electrons. The molecule has 0 aliphatic carbocycles. The minimum atomic E-state index is -3.63. The Morgan fingerprint density at radius 3 is 2.35 bits per heavy atom. The SMILES string of the molecule is CN(Cc1ccccc1)C(=O)CN1CCN(S(=O)(=O)c2ccc3c(c2)OCCO3)CC1. The number of benzene rings is 2. The molecule has 1 saturated heterocycles. The van der Waals surface area contributed by atoms with Gasteiger partial charge in [-0.05, 0) is 17.7 Å². The average molecular weight is 446 g/mol. The molecule has 31 heavy (non-hydrogen) atoms. The number of sulfonamides is 1. The summed E-state index contributed by atoms with van der Waals surface area (Å²) >= 11 is 0. The zero-order valence-corrected chi connectivity index (χ0v) is 18.4. The van der Waals surface area contributed by atoms with Crippen LogP contribution in [0.1, 0.15) is 5.56 Å².